The SMILES string of the molecule is [CH2]CC1CCN(C(=O)C2=C(C)OCN2C)CC1. The van der Waals surface area contributed by atoms with Crippen LogP contribution >= 0.6 is 0 Å². The van der Waals surface area contributed by atoms with E-state index in [-0.39, 0.29) is 5.91 Å². The average Bonchev–Trinajstić information content (AvgIpc) is 2.68. The van der Waals surface area contributed by atoms with E-state index in [4.69, 9.17) is 4.74 Å². The van der Waals surface area contributed by atoms with Gasteiger partial charge in [0.25, 0.3) is 5.91 Å². The van der Waals surface area contributed by atoms with Crippen molar-refractivity contribution in [3.63, 3.8) is 0 Å². The summed E-state index contributed by atoms with van der Waals surface area (Å²) in [5, 5.41) is 0. The average molecular weight is 237 g/mol. The van der Waals surface area contributed by atoms with Gasteiger partial charge in [-0.1, -0.05) is 13.3 Å². The molecule has 0 spiro atoms. The van der Waals surface area contributed by atoms with E-state index in [2.05, 4.69) is 6.92 Å². The van der Waals surface area contributed by atoms with Crippen molar-refractivity contribution >= 4 is 5.91 Å². The van der Waals surface area contributed by atoms with Gasteiger partial charge in [0.1, 0.15) is 11.5 Å². The van der Waals surface area contributed by atoms with E-state index < -0.39 is 0 Å². The van der Waals surface area contributed by atoms with Crippen LogP contribution in [-0.2, 0) is 9.53 Å². The Kier molecular flexibility index (Phi) is 3.60. The number of ether oxygens (including phenoxy) is 1. The Morgan fingerprint density at radius 2 is 2.12 bits per heavy atom. The van der Waals surface area contributed by atoms with Crippen LogP contribution in [0.5, 0.6) is 0 Å². The Morgan fingerprint density at radius 1 is 1.47 bits per heavy atom. The van der Waals surface area contributed by atoms with E-state index in [0.717, 1.165) is 43.8 Å². The smallest absolute Gasteiger partial charge is 0.273 e. The van der Waals surface area contributed by atoms with Crippen LogP contribution in [0, 0.1) is 12.8 Å². The molecule has 0 bridgehead atoms. The standard InChI is InChI=1S/C13H21N2O2/c1-4-11-5-7-15(8-6-11)13(16)12-10(2)17-9-14(12)3/h11H,1,4-9H2,2-3H3. The Labute approximate surface area is 103 Å². The van der Waals surface area contributed by atoms with Gasteiger partial charge in [-0.15, -0.1) is 0 Å². The lowest BCUT2D eigenvalue weighted by molar-refractivity contribution is -0.129. The number of amides is 1. The van der Waals surface area contributed by atoms with Crippen molar-refractivity contribution in [3.8, 4) is 0 Å². The zero-order valence-corrected chi connectivity index (χ0v) is 10.7. The third-order valence-electron chi connectivity index (χ3n) is 3.70. The molecule has 1 amide bonds. The number of hydrogen-bond acceptors (Lipinski definition) is 3. The molecule has 4 nitrogen and oxygen atoms in total. The molecule has 17 heavy (non-hydrogen) atoms. The molecule has 2 aliphatic heterocycles. The highest BCUT2D eigenvalue weighted by molar-refractivity contribution is 5.93. The Bertz CT molecular complexity index is 330. The zero-order valence-electron chi connectivity index (χ0n) is 10.7. The summed E-state index contributed by atoms with van der Waals surface area (Å²) in [6.45, 7) is 7.99. The van der Waals surface area contributed by atoms with E-state index in [1.807, 2.05) is 23.8 Å². The van der Waals surface area contributed by atoms with Crippen LogP contribution in [0.1, 0.15) is 26.2 Å². The van der Waals surface area contributed by atoms with Crippen molar-refractivity contribution in [2.45, 2.75) is 26.2 Å². The van der Waals surface area contributed by atoms with Gasteiger partial charge in [0, 0.05) is 20.1 Å². The number of piperidine rings is 1. The van der Waals surface area contributed by atoms with Crippen molar-refractivity contribution in [1.82, 2.24) is 9.80 Å². The molecule has 0 N–H and O–H groups in total. The summed E-state index contributed by atoms with van der Waals surface area (Å²) < 4.78 is 5.38. The van der Waals surface area contributed by atoms with Crippen molar-refractivity contribution in [2.24, 2.45) is 5.92 Å². The van der Waals surface area contributed by atoms with Crippen molar-refractivity contribution in [1.29, 1.82) is 0 Å². The van der Waals surface area contributed by atoms with Gasteiger partial charge in [-0.2, -0.15) is 0 Å². The van der Waals surface area contributed by atoms with E-state index in [0.29, 0.717) is 12.6 Å². The Hall–Kier alpha value is -1.19. The number of carbonyl (C=O) groups excluding carboxylic acids is 1. The number of allylic oxidation sites excluding steroid dienone is 1. The summed E-state index contributed by atoms with van der Waals surface area (Å²) in [6.07, 6.45) is 3.13. The Balaban J connectivity index is 2.00. The lowest BCUT2D eigenvalue weighted by Crippen LogP contribution is -2.41. The van der Waals surface area contributed by atoms with Gasteiger partial charge in [-0.3, -0.25) is 4.79 Å². The maximum absolute atomic E-state index is 12.3. The van der Waals surface area contributed by atoms with Crippen LogP contribution < -0.4 is 0 Å². The molecule has 0 aliphatic carbocycles. The first kappa shape index (κ1) is 12.3. The van der Waals surface area contributed by atoms with Gasteiger partial charge >= 0.3 is 0 Å². The van der Waals surface area contributed by atoms with Gasteiger partial charge in [-0.05, 0) is 25.7 Å². The molecule has 0 aromatic rings. The van der Waals surface area contributed by atoms with E-state index in [1.165, 1.54) is 0 Å². The number of rotatable bonds is 2. The summed E-state index contributed by atoms with van der Waals surface area (Å²) >= 11 is 0. The topological polar surface area (TPSA) is 32.8 Å². The maximum atomic E-state index is 12.3. The van der Waals surface area contributed by atoms with Gasteiger partial charge in [-0.25, -0.2) is 0 Å². The molecule has 0 saturated carbocycles. The number of likely N-dealkylation sites (tertiary alicyclic amines) is 1. The predicted molar refractivity (Wildman–Crippen MR) is 65.7 cm³/mol. The second-order valence-corrected chi connectivity index (χ2v) is 4.90. The third kappa shape index (κ3) is 2.40. The number of likely N-dealkylation sites (N-methyl/N-ethyl adjacent to an activating group) is 1. The summed E-state index contributed by atoms with van der Waals surface area (Å²) in [5.41, 5.74) is 0.720. The zero-order chi connectivity index (χ0) is 12.4. The molecule has 2 aliphatic rings. The molecular weight excluding hydrogens is 216 g/mol. The summed E-state index contributed by atoms with van der Waals surface area (Å²) in [4.78, 5) is 16.2. The normalized spacial score (nSPS) is 22.1. The van der Waals surface area contributed by atoms with Gasteiger partial charge in [0.15, 0.2) is 6.73 Å². The molecule has 0 atom stereocenters. The van der Waals surface area contributed by atoms with Gasteiger partial charge < -0.3 is 14.5 Å². The highest BCUT2D eigenvalue weighted by Crippen LogP contribution is 2.24. The van der Waals surface area contributed by atoms with Crippen LogP contribution in [0.15, 0.2) is 11.5 Å². The minimum absolute atomic E-state index is 0.116. The molecule has 0 aromatic carbocycles. The lowest BCUT2D eigenvalue weighted by Gasteiger charge is -2.32. The summed E-state index contributed by atoms with van der Waals surface area (Å²) in [5.74, 6) is 1.55. The highest BCUT2D eigenvalue weighted by atomic mass is 16.5. The molecule has 4 heteroatoms. The maximum Gasteiger partial charge on any atom is 0.273 e. The van der Waals surface area contributed by atoms with E-state index in [9.17, 15) is 4.79 Å². The van der Waals surface area contributed by atoms with Crippen LogP contribution in [0.3, 0.4) is 0 Å². The fraction of sp³-hybridized carbons (Fsp3) is 0.692. The van der Waals surface area contributed by atoms with Crippen LogP contribution in [0.4, 0.5) is 0 Å². The van der Waals surface area contributed by atoms with Gasteiger partial charge in [0.2, 0.25) is 0 Å². The quantitative estimate of drug-likeness (QED) is 0.731. The number of carbonyl (C=O) groups is 1. The van der Waals surface area contributed by atoms with Crippen molar-refractivity contribution < 1.29 is 9.53 Å². The fourth-order valence-electron chi connectivity index (χ4n) is 2.48. The van der Waals surface area contributed by atoms with E-state index >= 15 is 0 Å². The number of nitrogens with zero attached hydrogens (tertiary/aromatic N) is 2. The molecule has 95 valence electrons. The first-order valence-corrected chi connectivity index (χ1v) is 6.26. The molecule has 1 radical (unpaired) electrons. The largest absolute Gasteiger partial charge is 0.475 e. The minimum atomic E-state index is 0.116. The predicted octanol–water partition coefficient (Wildman–Crippen LogP) is 1.60. The molecule has 2 rings (SSSR count). The third-order valence-corrected chi connectivity index (χ3v) is 3.70. The molecule has 0 aromatic heterocycles. The molecule has 0 unspecified atom stereocenters. The lowest BCUT2D eigenvalue weighted by atomic mass is 9.94. The van der Waals surface area contributed by atoms with Crippen molar-refractivity contribution in [2.75, 3.05) is 26.9 Å². The second-order valence-electron chi connectivity index (χ2n) is 4.90. The van der Waals surface area contributed by atoms with Crippen LogP contribution in [-0.4, -0.2) is 42.6 Å². The molecule has 1 saturated heterocycles. The molecule has 1 fully saturated rings. The van der Waals surface area contributed by atoms with Gasteiger partial charge in [0.05, 0.1) is 0 Å². The van der Waals surface area contributed by atoms with E-state index in [1.54, 1.807) is 0 Å². The number of hydrogen-bond donors (Lipinski definition) is 0. The summed E-state index contributed by atoms with van der Waals surface area (Å²) in [6, 6.07) is 0. The summed E-state index contributed by atoms with van der Waals surface area (Å²) in [7, 11) is 1.90. The van der Waals surface area contributed by atoms with Crippen molar-refractivity contribution in [3.05, 3.63) is 18.4 Å². The second kappa shape index (κ2) is 4.98. The van der Waals surface area contributed by atoms with Crippen LogP contribution in [0.25, 0.3) is 0 Å². The highest BCUT2D eigenvalue weighted by Gasteiger charge is 2.30. The first-order chi connectivity index (χ1) is 8.13. The molecule has 2 heterocycles. The monoisotopic (exact) mass is 237 g/mol. The van der Waals surface area contributed by atoms with Crippen LogP contribution in [0.2, 0.25) is 0 Å². The molecular formula is C13H21N2O2. The first-order valence-electron chi connectivity index (χ1n) is 6.26. The fourth-order valence-corrected chi connectivity index (χ4v) is 2.48. The Morgan fingerprint density at radius 3 is 2.59 bits per heavy atom. The minimum Gasteiger partial charge on any atom is -0.475 e.